The van der Waals surface area contributed by atoms with Crippen LogP contribution >= 0.6 is 0 Å². The van der Waals surface area contributed by atoms with Gasteiger partial charge in [-0.1, -0.05) is 6.92 Å². The van der Waals surface area contributed by atoms with Crippen molar-refractivity contribution in [1.82, 2.24) is 10.2 Å². The highest BCUT2D eigenvalue weighted by molar-refractivity contribution is 5.70. The Morgan fingerprint density at radius 3 is 1.86 bits per heavy atom. The zero-order valence-corrected chi connectivity index (χ0v) is 13.1. The van der Waals surface area contributed by atoms with Gasteiger partial charge < -0.3 is 14.9 Å². The molecule has 1 N–H and O–H groups in total. The fourth-order valence-electron chi connectivity index (χ4n) is 3.25. The van der Waals surface area contributed by atoms with E-state index in [9.17, 15) is 4.79 Å². The summed E-state index contributed by atoms with van der Waals surface area (Å²) < 4.78 is 0. The molecule has 0 spiro atoms. The molecule has 6 nitrogen and oxygen atoms in total. The fraction of sp³-hybridized carbons (Fsp3) is 0.688. The molecule has 22 heavy (non-hydrogen) atoms. The van der Waals surface area contributed by atoms with E-state index in [1.54, 1.807) is 0 Å². The average molecular weight is 304 g/mol. The zero-order chi connectivity index (χ0) is 15.5. The second-order valence-electron chi connectivity index (χ2n) is 6.52. The van der Waals surface area contributed by atoms with Crippen LogP contribution in [0.1, 0.15) is 32.6 Å². The maximum atomic E-state index is 11.0. The molecule has 6 heteroatoms. The molecule has 2 saturated heterocycles. The van der Waals surface area contributed by atoms with Gasteiger partial charge in [0.25, 0.3) is 0 Å². The molecule has 0 aliphatic carbocycles. The minimum atomic E-state index is -0.680. The third-order valence-corrected chi connectivity index (χ3v) is 4.91. The number of hydrogen-bond donors (Lipinski definition) is 1. The van der Waals surface area contributed by atoms with Crippen molar-refractivity contribution in [3.8, 4) is 0 Å². The summed E-state index contributed by atoms with van der Waals surface area (Å²) in [5.41, 5.74) is 0. The molecule has 2 fully saturated rings. The first-order chi connectivity index (χ1) is 10.6. The first-order valence-electron chi connectivity index (χ1n) is 8.20. The van der Waals surface area contributed by atoms with Crippen LogP contribution in [0.4, 0.5) is 11.6 Å². The number of anilines is 2. The van der Waals surface area contributed by atoms with Gasteiger partial charge in [-0.3, -0.25) is 4.79 Å². The Hall–Kier alpha value is -1.85. The van der Waals surface area contributed by atoms with E-state index in [0.717, 1.165) is 43.7 Å². The minimum Gasteiger partial charge on any atom is -0.481 e. The summed E-state index contributed by atoms with van der Waals surface area (Å²) in [7, 11) is 0. The Kier molecular flexibility index (Phi) is 4.45. The lowest BCUT2D eigenvalue weighted by molar-refractivity contribution is -0.142. The molecule has 0 aromatic carbocycles. The zero-order valence-electron chi connectivity index (χ0n) is 13.1. The monoisotopic (exact) mass is 304 g/mol. The van der Waals surface area contributed by atoms with Gasteiger partial charge in [0.05, 0.1) is 5.92 Å². The molecule has 0 bridgehead atoms. The minimum absolute atomic E-state index is 0.209. The van der Waals surface area contributed by atoms with Crippen LogP contribution in [0, 0.1) is 11.8 Å². The highest BCUT2D eigenvalue weighted by Gasteiger charge is 2.25. The third kappa shape index (κ3) is 3.31. The maximum Gasteiger partial charge on any atom is 0.306 e. The van der Waals surface area contributed by atoms with Crippen LogP contribution in [0.5, 0.6) is 0 Å². The summed E-state index contributed by atoms with van der Waals surface area (Å²) in [5.74, 6) is 1.73. The largest absolute Gasteiger partial charge is 0.481 e. The molecule has 0 amide bonds. The molecule has 120 valence electrons. The van der Waals surface area contributed by atoms with Crippen molar-refractivity contribution in [2.75, 3.05) is 36.0 Å². The van der Waals surface area contributed by atoms with Crippen molar-refractivity contribution in [3.05, 3.63) is 12.1 Å². The predicted molar refractivity (Wildman–Crippen MR) is 85.2 cm³/mol. The second kappa shape index (κ2) is 6.50. The van der Waals surface area contributed by atoms with Crippen LogP contribution < -0.4 is 9.80 Å². The lowest BCUT2D eigenvalue weighted by Crippen LogP contribution is -2.37. The standard InChI is InChI=1S/C16H24N4O2/c1-12-4-8-19(9-5-12)14-2-3-15(18-17-14)20-10-6-13(7-11-20)16(21)22/h2-3,12-13H,4-11H2,1H3,(H,21,22). The van der Waals surface area contributed by atoms with Crippen LogP contribution in [-0.4, -0.2) is 47.5 Å². The summed E-state index contributed by atoms with van der Waals surface area (Å²) in [6.45, 7) is 5.89. The molecule has 3 heterocycles. The molecule has 3 rings (SSSR count). The van der Waals surface area contributed by atoms with Crippen molar-refractivity contribution in [2.24, 2.45) is 11.8 Å². The summed E-state index contributed by atoms with van der Waals surface area (Å²) >= 11 is 0. The van der Waals surface area contributed by atoms with Gasteiger partial charge in [0.15, 0.2) is 11.6 Å². The lowest BCUT2D eigenvalue weighted by atomic mass is 9.97. The fourth-order valence-corrected chi connectivity index (χ4v) is 3.25. The van der Waals surface area contributed by atoms with Gasteiger partial charge in [0.2, 0.25) is 0 Å². The molecular weight excluding hydrogens is 280 g/mol. The van der Waals surface area contributed by atoms with E-state index in [1.807, 2.05) is 12.1 Å². The number of hydrogen-bond acceptors (Lipinski definition) is 5. The first-order valence-corrected chi connectivity index (χ1v) is 8.20. The number of nitrogens with zero attached hydrogens (tertiary/aromatic N) is 4. The van der Waals surface area contributed by atoms with Crippen molar-refractivity contribution >= 4 is 17.6 Å². The topological polar surface area (TPSA) is 69.6 Å². The van der Waals surface area contributed by atoms with Gasteiger partial charge in [-0.15, -0.1) is 10.2 Å². The molecule has 0 radical (unpaired) electrons. The van der Waals surface area contributed by atoms with E-state index in [2.05, 4.69) is 26.9 Å². The summed E-state index contributed by atoms with van der Waals surface area (Å²) in [5, 5.41) is 17.8. The van der Waals surface area contributed by atoms with Crippen molar-refractivity contribution in [3.63, 3.8) is 0 Å². The Bertz CT molecular complexity index is 503. The third-order valence-electron chi connectivity index (χ3n) is 4.91. The number of aliphatic carboxylic acids is 1. The van der Waals surface area contributed by atoms with Crippen LogP contribution in [0.25, 0.3) is 0 Å². The van der Waals surface area contributed by atoms with Crippen molar-refractivity contribution in [1.29, 1.82) is 0 Å². The summed E-state index contributed by atoms with van der Waals surface area (Å²) in [6.07, 6.45) is 3.80. The van der Waals surface area contributed by atoms with E-state index >= 15 is 0 Å². The van der Waals surface area contributed by atoms with E-state index in [4.69, 9.17) is 5.11 Å². The van der Waals surface area contributed by atoms with Crippen molar-refractivity contribution in [2.45, 2.75) is 32.6 Å². The van der Waals surface area contributed by atoms with Crippen molar-refractivity contribution < 1.29 is 9.90 Å². The van der Waals surface area contributed by atoms with E-state index in [1.165, 1.54) is 12.8 Å². The molecule has 1 aromatic heterocycles. The Morgan fingerprint density at radius 1 is 1.00 bits per heavy atom. The van der Waals surface area contributed by atoms with E-state index < -0.39 is 5.97 Å². The summed E-state index contributed by atoms with van der Waals surface area (Å²) in [6, 6.07) is 4.06. The lowest BCUT2D eigenvalue weighted by Gasteiger charge is -2.32. The number of carboxylic acids is 1. The van der Waals surface area contributed by atoms with Crippen LogP contribution in [0.3, 0.4) is 0 Å². The number of carbonyl (C=O) groups is 1. The molecule has 2 aliphatic heterocycles. The average Bonchev–Trinajstić information content (AvgIpc) is 2.56. The molecular formula is C16H24N4O2. The molecule has 2 aliphatic rings. The molecule has 0 unspecified atom stereocenters. The number of carboxylic acid groups (broad SMARTS) is 1. The van der Waals surface area contributed by atoms with Gasteiger partial charge in [-0.05, 0) is 43.7 Å². The Morgan fingerprint density at radius 2 is 1.45 bits per heavy atom. The van der Waals surface area contributed by atoms with Gasteiger partial charge in [0, 0.05) is 26.2 Å². The van der Waals surface area contributed by atoms with Gasteiger partial charge in [-0.2, -0.15) is 0 Å². The summed E-state index contributed by atoms with van der Waals surface area (Å²) in [4.78, 5) is 15.4. The van der Waals surface area contributed by atoms with E-state index in [-0.39, 0.29) is 5.92 Å². The Balaban J connectivity index is 1.59. The van der Waals surface area contributed by atoms with Gasteiger partial charge in [-0.25, -0.2) is 0 Å². The molecule has 0 atom stereocenters. The normalized spacial score (nSPS) is 21.1. The highest BCUT2D eigenvalue weighted by Crippen LogP contribution is 2.24. The SMILES string of the molecule is CC1CCN(c2ccc(N3CCC(C(=O)O)CC3)nn2)CC1. The van der Waals surface area contributed by atoms with Gasteiger partial charge in [0.1, 0.15) is 0 Å². The highest BCUT2D eigenvalue weighted by atomic mass is 16.4. The predicted octanol–water partition coefficient (Wildman–Crippen LogP) is 2.01. The van der Waals surface area contributed by atoms with Crippen LogP contribution in [0.2, 0.25) is 0 Å². The second-order valence-corrected chi connectivity index (χ2v) is 6.52. The van der Waals surface area contributed by atoms with Crippen LogP contribution in [0.15, 0.2) is 12.1 Å². The smallest absolute Gasteiger partial charge is 0.306 e. The Labute approximate surface area is 131 Å². The molecule has 1 aromatic rings. The number of rotatable bonds is 3. The number of aromatic nitrogens is 2. The molecule has 0 saturated carbocycles. The maximum absolute atomic E-state index is 11.0. The first kappa shape index (κ1) is 15.1. The number of piperidine rings is 2. The quantitative estimate of drug-likeness (QED) is 0.921. The van der Waals surface area contributed by atoms with E-state index in [0.29, 0.717) is 12.8 Å². The van der Waals surface area contributed by atoms with Crippen LogP contribution in [-0.2, 0) is 4.79 Å². The van der Waals surface area contributed by atoms with Gasteiger partial charge >= 0.3 is 5.97 Å².